The Labute approximate surface area is 56.8 Å². The maximum absolute atomic E-state index is 10.0. The van der Waals surface area contributed by atoms with Gasteiger partial charge in [-0.15, -0.1) is 0 Å². The first-order chi connectivity index (χ1) is 4.19. The average Bonchev–Trinajstić information content (AvgIpc) is 1.62. The molecule has 0 aliphatic heterocycles. The molecule has 1 atom stereocenters. The van der Waals surface area contributed by atoms with Crippen LogP contribution in [0.4, 0.5) is 0 Å². The Morgan fingerprint density at radius 2 is 1.80 bits per heavy atom. The molecule has 0 heterocycles. The predicted octanol–water partition coefficient (Wildman–Crippen LogP) is -1.33. The lowest BCUT2D eigenvalue weighted by Crippen LogP contribution is -2.42. The van der Waals surface area contributed by atoms with Crippen molar-refractivity contribution in [3.63, 3.8) is 0 Å². The smallest absolute Gasteiger partial charge is 0.354 e. The summed E-state index contributed by atoms with van der Waals surface area (Å²) in [5, 5.41) is 16.5. The van der Waals surface area contributed by atoms with Crippen LogP contribution < -0.4 is 0 Å². The molecular formula is C3H6O6S. The summed E-state index contributed by atoms with van der Waals surface area (Å²) in [6.07, 6.45) is 0. The minimum atomic E-state index is -4.95. The van der Waals surface area contributed by atoms with Crippen molar-refractivity contribution in [2.24, 2.45) is 0 Å². The first-order valence-electron chi connectivity index (χ1n) is 2.12. The van der Waals surface area contributed by atoms with E-state index in [1.807, 2.05) is 0 Å². The van der Waals surface area contributed by atoms with Crippen LogP contribution in [0.25, 0.3) is 0 Å². The molecule has 10 heavy (non-hydrogen) atoms. The summed E-state index contributed by atoms with van der Waals surface area (Å²) in [4.78, 5) is 6.76. The lowest BCUT2D eigenvalue weighted by atomic mass is 10.4. The van der Waals surface area contributed by atoms with E-state index in [4.69, 9.17) is 14.8 Å². The van der Waals surface area contributed by atoms with Gasteiger partial charge in [0.2, 0.25) is 0 Å². The minimum absolute atomic E-state index is 0.463. The SMILES string of the molecule is C[C@](O)(C(=O)O)S(=O)(=O)O. The molecule has 0 aliphatic carbocycles. The van der Waals surface area contributed by atoms with Crippen molar-refractivity contribution in [3.05, 3.63) is 0 Å². The van der Waals surface area contributed by atoms with Crippen molar-refractivity contribution >= 4 is 16.1 Å². The number of rotatable bonds is 2. The molecule has 0 amide bonds. The molecule has 0 rings (SSSR count). The second-order valence-corrected chi connectivity index (χ2v) is 3.51. The Balaban J connectivity index is 4.95. The van der Waals surface area contributed by atoms with Crippen molar-refractivity contribution in [1.29, 1.82) is 0 Å². The average molecular weight is 170 g/mol. The van der Waals surface area contributed by atoms with E-state index in [2.05, 4.69) is 0 Å². The molecule has 0 bridgehead atoms. The largest absolute Gasteiger partial charge is 0.478 e. The van der Waals surface area contributed by atoms with E-state index < -0.39 is 21.0 Å². The summed E-state index contributed by atoms with van der Waals surface area (Å²) < 4.78 is 28.1. The standard InChI is InChI=1S/C3H6O6S/c1-3(6,2(4)5)10(7,8)9/h6H,1H3,(H,4,5)(H,7,8,9)/t3-/m1/s1. The number of carboxylic acid groups (broad SMARTS) is 1. The number of aliphatic hydroxyl groups is 1. The number of hydrogen-bond acceptors (Lipinski definition) is 4. The molecule has 0 saturated heterocycles. The van der Waals surface area contributed by atoms with Gasteiger partial charge in [-0.3, -0.25) is 4.55 Å². The Morgan fingerprint density at radius 3 is 1.80 bits per heavy atom. The highest BCUT2D eigenvalue weighted by Gasteiger charge is 2.43. The van der Waals surface area contributed by atoms with E-state index in [0.717, 1.165) is 0 Å². The first kappa shape index (κ1) is 9.34. The van der Waals surface area contributed by atoms with E-state index in [9.17, 15) is 13.2 Å². The van der Waals surface area contributed by atoms with Crippen molar-refractivity contribution in [2.75, 3.05) is 0 Å². The van der Waals surface area contributed by atoms with Gasteiger partial charge in [0.15, 0.2) is 0 Å². The molecule has 0 aliphatic rings. The zero-order valence-corrected chi connectivity index (χ0v) is 5.79. The summed E-state index contributed by atoms with van der Waals surface area (Å²) in [5.74, 6) is -2.02. The van der Waals surface area contributed by atoms with Crippen LogP contribution in [0.1, 0.15) is 6.92 Å². The van der Waals surface area contributed by atoms with Gasteiger partial charge in [0, 0.05) is 0 Å². The molecule has 0 aromatic carbocycles. The van der Waals surface area contributed by atoms with Crippen LogP contribution in [-0.2, 0) is 14.9 Å². The monoisotopic (exact) mass is 170 g/mol. The van der Waals surface area contributed by atoms with Crippen LogP contribution in [0.3, 0.4) is 0 Å². The van der Waals surface area contributed by atoms with E-state index in [-0.39, 0.29) is 0 Å². The van der Waals surface area contributed by atoms with Gasteiger partial charge >= 0.3 is 16.1 Å². The van der Waals surface area contributed by atoms with Gasteiger partial charge in [0.05, 0.1) is 0 Å². The third-order valence-corrected chi connectivity index (χ3v) is 2.08. The number of aliphatic carboxylic acids is 1. The molecule has 7 heteroatoms. The van der Waals surface area contributed by atoms with Gasteiger partial charge in [-0.25, -0.2) is 4.79 Å². The summed E-state index contributed by atoms with van der Waals surface area (Å²) in [6.45, 7) is 0.463. The Hall–Kier alpha value is -0.660. The summed E-state index contributed by atoms with van der Waals surface area (Å²) in [6, 6.07) is 0. The van der Waals surface area contributed by atoms with Crippen molar-refractivity contribution in [3.8, 4) is 0 Å². The molecule has 0 saturated carbocycles. The number of hydrogen-bond donors (Lipinski definition) is 3. The van der Waals surface area contributed by atoms with E-state index in [1.165, 1.54) is 0 Å². The molecular weight excluding hydrogens is 164 g/mol. The Morgan fingerprint density at radius 1 is 1.50 bits per heavy atom. The fourth-order valence-corrected chi connectivity index (χ4v) is 0.331. The molecule has 3 N–H and O–H groups in total. The van der Waals surface area contributed by atoms with Gasteiger partial charge in [0.25, 0.3) is 4.93 Å². The normalized spacial score (nSPS) is 17.9. The highest BCUT2D eigenvalue weighted by Crippen LogP contribution is 2.10. The molecule has 6 nitrogen and oxygen atoms in total. The van der Waals surface area contributed by atoms with E-state index in [0.29, 0.717) is 6.92 Å². The predicted molar refractivity (Wildman–Crippen MR) is 29.8 cm³/mol. The number of carbonyl (C=O) groups is 1. The van der Waals surface area contributed by atoms with Gasteiger partial charge in [-0.05, 0) is 6.92 Å². The van der Waals surface area contributed by atoms with Crippen LogP contribution in [-0.4, -0.2) is 34.1 Å². The van der Waals surface area contributed by atoms with Gasteiger partial charge in [0.1, 0.15) is 0 Å². The summed E-state index contributed by atoms with van der Waals surface area (Å²) in [5.41, 5.74) is 0. The highest BCUT2D eigenvalue weighted by molar-refractivity contribution is 7.87. The van der Waals surface area contributed by atoms with E-state index in [1.54, 1.807) is 0 Å². The fourth-order valence-electron chi connectivity index (χ4n) is 0.110. The van der Waals surface area contributed by atoms with Crippen LogP contribution in [0, 0.1) is 0 Å². The van der Waals surface area contributed by atoms with Crippen LogP contribution in [0.5, 0.6) is 0 Å². The van der Waals surface area contributed by atoms with Crippen molar-refractivity contribution in [1.82, 2.24) is 0 Å². The maximum Gasteiger partial charge on any atom is 0.354 e. The second kappa shape index (κ2) is 2.19. The summed E-state index contributed by atoms with van der Waals surface area (Å²) >= 11 is 0. The molecule has 0 radical (unpaired) electrons. The molecule has 0 fully saturated rings. The lowest BCUT2D eigenvalue weighted by molar-refractivity contribution is -0.149. The van der Waals surface area contributed by atoms with Crippen molar-refractivity contribution in [2.45, 2.75) is 11.9 Å². The fraction of sp³-hybridized carbons (Fsp3) is 0.667. The third-order valence-electron chi connectivity index (χ3n) is 0.899. The topological polar surface area (TPSA) is 112 Å². The quantitative estimate of drug-likeness (QED) is 0.442. The summed E-state index contributed by atoms with van der Waals surface area (Å²) in [7, 11) is -4.95. The van der Waals surface area contributed by atoms with Gasteiger partial charge in [-0.2, -0.15) is 8.42 Å². The minimum Gasteiger partial charge on any atom is -0.478 e. The van der Waals surface area contributed by atoms with Gasteiger partial charge < -0.3 is 10.2 Å². The first-order valence-corrected chi connectivity index (χ1v) is 3.56. The Bertz CT molecular complexity index is 236. The molecule has 0 unspecified atom stereocenters. The lowest BCUT2D eigenvalue weighted by Gasteiger charge is -2.12. The van der Waals surface area contributed by atoms with E-state index >= 15 is 0 Å². The second-order valence-electron chi connectivity index (χ2n) is 1.76. The van der Waals surface area contributed by atoms with Gasteiger partial charge in [-0.1, -0.05) is 0 Å². The molecule has 0 aromatic heterocycles. The van der Waals surface area contributed by atoms with Crippen LogP contribution in [0.2, 0.25) is 0 Å². The number of carboxylic acids is 1. The maximum atomic E-state index is 10.0. The third kappa shape index (κ3) is 1.43. The Kier molecular flexibility index (Phi) is 2.04. The zero-order valence-electron chi connectivity index (χ0n) is 4.97. The molecule has 60 valence electrons. The van der Waals surface area contributed by atoms with Crippen molar-refractivity contribution < 1.29 is 28.0 Å². The van der Waals surface area contributed by atoms with Crippen LogP contribution >= 0.6 is 0 Å². The molecule has 0 spiro atoms. The highest BCUT2D eigenvalue weighted by atomic mass is 32.2. The zero-order chi connectivity index (χ0) is 8.58. The van der Waals surface area contributed by atoms with Crippen LogP contribution in [0.15, 0.2) is 0 Å². The molecule has 0 aromatic rings.